The number of aliphatic hydroxyl groups excluding tert-OH is 1. The van der Waals surface area contributed by atoms with E-state index in [1.807, 2.05) is 18.2 Å². The highest BCUT2D eigenvalue weighted by Crippen LogP contribution is 2.55. The number of nitrogens with one attached hydrogen (secondary N) is 2. The van der Waals surface area contributed by atoms with Crippen LogP contribution in [-0.4, -0.2) is 65.3 Å². The van der Waals surface area contributed by atoms with Gasteiger partial charge in [-0.1, -0.05) is 110 Å². The van der Waals surface area contributed by atoms with Crippen LogP contribution in [0, 0.1) is 23.7 Å². The molecule has 4 aromatic rings. The summed E-state index contributed by atoms with van der Waals surface area (Å²) >= 11 is 0. The van der Waals surface area contributed by atoms with Gasteiger partial charge in [-0.3, -0.25) is 9.80 Å². The number of piperazine rings is 1. The Morgan fingerprint density at radius 1 is 0.732 bits per heavy atom. The van der Waals surface area contributed by atoms with Crippen LogP contribution in [0.1, 0.15) is 85.7 Å². The second-order valence-electron chi connectivity index (χ2n) is 17.7. The minimum Gasteiger partial charge on any atom is -0.392 e. The first-order valence-corrected chi connectivity index (χ1v) is 21.1. The van der Waals surface area contributed by atoms with Gasteiger partial charge in [-0.15, -0.1) is 0 Å². The van der Waals surface area contributed by atoms with E-state index >= 15 is 0 Å². The fraction of sp³-hybridized carbons (Fsp3) is 0.479. The zero-order valence-corrected chi connectivity index (χ0v) is 32.8. The second kappa shape index (κ2) is 16.4. The molecule has 2 amide bonds. The van der Waals surface area contributed by atoms with Crippen molar-refractivity contribution in [2.75, 3.05) is 32.7 Å². The van der Waals surface area contributed by atoms with Gasteiger partial charge < -0.3 is 25.2 Å². The minimum atomic E-state index is -0.516. The standard InChI is InChI=1S/C48H58N4O4/c1-33-44(31-52-21-19-51(20-22-52)30-34-7-3-2-4-8-34)55-46(56-45(33)40-13-11-35(32-53)12-14-40)41-17-15-39(16-18-41)43-10-6-5-9-42(43)29-49-47(54)50-48-26-36-23-37(27-48)25-38(24-36)28-48/h2-18,33,36-38,44-46,53H,19-32H2,1H3,(H2,49,50,54)/t33-,36?,37?,38?,44+,45+,46+,48?/m0/s1. The predicted octanol–water partition coefficient (Wildman–Crippen LogP) is 8.22. The van der Waals surface area contributed by atoms with Gasteiger partial charge in [-0.05, 0) is 89.7 Å². The number of nitrogens with zero attached hydrogens (tertiary/aromatic N) is 2. The molecule has 10 rings (SSSR count). The van der Waals surface area contributed by atoms with Gasteiger partial charge in [-0.25, -0.2) is 4.79 Å². The Morgan fingerprint density at radius 3 is 2.04 bits per heavy atom. The topological polar surface area (TPSA) is 86.3 Å². The summed E-state index contributed by atoms with van der Waals surface area (Å²) in [5.74, 6) is 2.51. The molecule has 4 bridgehead atoms. The Bertz CT molecular complexity index is 1890. The van der Waals surface area contributed by atoms with Crippen LogP contribution in [0.4, 0.5) is 4.79 Å². The molecule has 6 aliphatic rings. The summed E-state index contributed by atoms with van der Waals surface area (Å²) in [5.41, 5.74) is 7.64. The maximum Gasteiger partial charge on any atom is 0.315 e. The lowest BCUT2D eigenvalue weighted by Crippen LogP contribution is -2.61. The normalized spacial score (nSPS) is 30.3. The zero-order chi connectivity index (χ0) is 38.1. The molecule has 0 spiro atoms. The molecule has 4 aromatic carbocycles. The molecule has 4 saturated carbocycles. The van der Waals surface area contributed by atoms with E-state index in [4.69, 9.17) is 9.47 Å². The first-order chi connectivity index (χ1) is 27.4. The van der Waals surface area contributed by atoms with Crippen molar-refractivity contribution in [3.63, 3.8) is 0 Å². The van der Waals surface area contributed by atoms with Gasteiger partial charge in [0.1, 0.15) is 0 Å². The van der Waals surface area contributed by atoms with Crippen LogP contribution in [0.3, 0.4) is 0 Å². The first kappa shape index (κ1) is 37.5. The van der Waals surface area contributed by atoms with Gasteiger partial charge in [0.25, 0.3) is 0 Å². The quantitative estimate of drug-likeness (QED) is 0.143. The van der Waals surface area contributed by atoms with Crippen LogP contribution in [0.15, 0.2) is 103 Å². The highest BCUT2D eigenvalue weighted by atomic mass is 16.7. The predicted molar refractivity (Wildman–Crippen MR) is 219 cm³/mol. The number of hydrogen-bond donors (Lipinski definition) is 3. The highest BCUT2D eigenvalue weighted by molar-refractivity contribution is 5.76. The van der Waals surface area contributed by atoms with E-state index < -0.39 is 6.29 Å². The van der Waals surface area contributed by atoms with Crippen molar-refractivity contribution in [3.8, 4) is 11.1 Å². The first-order valence-electron chi connectivity index (χ1n) is 21.1. The molecule has 3 N–H and O–H groups in total. The summed E-state index contributed by atoms with van der Waals surface area (Å²) in [6.45, 7) is 8.66. The van der Waals surface area contributed by atoms with Crippen molar-refractivity contribution in [1.29, 1.82) is 0 Å². The Kier molecular flexibility index (Phi) is 11.0. The smallest absolute Gasteiger partial charge is 0.315 e. The summed E-state index contributed by atoms with van der Waals surface area (Å²) in [7, 11) is 0. The number of aliphatic hydroxyl groups is 1. The molecule has 8 heteroatoms. The maximum absolute atomic E-state index is 13.3. The monoisotopic (exact) mass is 754 g/mol. The molecular formula is C48H58N4O4. The van der Waals surface area contributed by atoms with Crippen LogP contribution in [0.2, 0.25) is 0 Å². The van der Waals surface area contributed by atoms with E-state index in [1.165, 1.54) is 24.8 Å². The van der Waals surface area contributed by atoms with Crippen molar-refractivity contribution in [2.45, 2.75) is 89.2 Å². The van der Waals surface area contributed by atoms with Crippen LogP contribution >= 0.6 is 0 Å². The van der Waals surface area contributed by atoms with E-state index in [0.717, 1.165) is 110 Å². The molecular weight excluding hydrogens is 697 g/mol. The summed E-state index contributed by atoms with van der Waals surface area (Å²) in [6.07, 6.45) is 6.83. The molecule has 2 saturated heterocycles. The number of amides is 2. The van der Waals surface area contributed by atoms with E-state index in [-0.39, 0.29) is 36.3 Å². The summed E-state index contributed by atoms with van der Waals surface area (Å²) < 4.78 is 13.7. The van der Waals surface area contributed by atoms with Gasteiger partial charge in [0.2, 0.25) is 0 Å². The third-order valence-corrected chi connectivity index (χ3v) is 13.6. The molecule has 56 heavy (non-hydrogen) atoms. The zero-order valence-electron chi connectivity index (χ0n) is 32.8. The molecule has 2 aliphatic heterocycles. The van der Waals surface area contributed by atoms with E-state index in [9.17, 15) is 9.90 Å². The molecule has 4 atom stereocenters. The Morgan fingerprint density at radius 2 is 1.36 bits per heavy atom. The number of hydrogen-bond acceptors (Lipinski definition) is 6. The number of urea groups is 1. The minimum absolute atomic E-state index is 0.00631. The van der Waals surface area contributed by atoms with Crippen LogP contribution < -0.4 is 10.6 Å². The fourth-order valence-electron chi connectivity index (χ4n) is 11.1. The van der Waals surface area contributed by atoms with Gasteiger partial charge >= 0.3 is 6.03 Å². The van der Waals surface area contributed by atoms with Crippen molar-refractivity contribution in [1.82, 2.24) is 20.4 Å². The number of ether oxygens (including phenoxy) is 2. The van der Waals surface area contributed by atoms with Crippen molar-refractivity contribution >= 4 is 6.03 Å². The molecule has 2 heterocycles. The molecule has 0 aromatic heterocycles. The maximum atomic E-state index is 13.3. The van der Waals surface area contributed by atoms with Gasteiger partial charge in [0, 0.05) is 62.8 Å². The van der Waals surface area contributed by atoms with Crippen LogP contribution in [-0.2, 0) is 29.2 Å². The number of carbonyl (C=O) groups is 1. The summed E-state index contributed by atoms with van der Waals surface area (Å²) in [5, 5.41) is 16.4. The number of carbonyl (C=O) groups excluding carboxylic acids is 1. The molecule has 294 valence electrons. The third-order valence-electron chi connectivity index (χ3n) is 13.6. The van der Waals surface area contributed by atoms with Crippen molar-refractivity contribution < 1.29 is 19.4 Å². The number of rotatable bonds is 11. The molecule has 0 radical (unpaired) electrons. The lowest BCUT2D eigenvalue weighted by molar-refractivity contribution is -0.276. The molecule has 4 aliphatic carbocycles. The highest BCUT2D eigenvalue weighted by Gasteiger charge is 2.51. The average molecular weight is 755 g/mol. The average Bonchev–Trinajstić information content (AvgIpc) is 3.21. The van der Waals surface area contributed by atoms with E-state index in [1.54, 1.807) is 0 Å². The lowest BCUT2D eigenvalue weighted by Gasteiger charge is -2.56. The largest absolute Gasteiger partial charge is 0.392 e. The summed E-state index contributed by atoms with van der Waals surface area (Å²) in [4.78, 5) is 18.4. The SMILES string of the molecule is C[C@H]1[C@@H](CN2CCN(Cc3ccccc3)CC2)O[C@@H](c2ccc(-c3ccccc3CNC(=O)NC34CC5CC(CC(C5)C3)C4)cc2)O[C@H]1c1ccc(CO)cc1. The Labute approximate surface area is 332 Å². The van der Waals surface area contributed by atoms with Gasteiger partial charge in [0.15, 0.2) is 6.29 Å². The third kappa shape index (κ3) is 8.32. The van der Waals surface area contributed by atoms with E-state index in [0.29, 0.717) is 6.54 Å². The van der Waals surface area contributed by atoms with E-state index in [2.05, 4.69) is 112 Å². The molecule has 8 nitrogen and oxygen atoms in total. The van der Waals surface area contributed by atoms with Crippen molar-refractivity contribution in [3.05, 3.63) is 131 Å². The van der Waals surface area contributed by atoms with Gasteiger partial charge in [-0.2, -0.15) is 0 Å². The van der Waals surface area contributed by atoms with Crippen LogP contribution in [0.25, 0.3) is 11.1 Å². The Balaban J connectivity index is 0.869. The second-order valence-corrected chi connectivity index (χ2v) is 17.7. The summed E-state index contributed by atoms with van der Waals surface area (Å²) in [6, 6.07) is 35.8. The van der Waals surface area contributed by atoms with Crippen molar-refractivity contribution in [2.24, 2.45) is 23.7 Å². The Hall–Kier alpha value is -4.05. The lowest BCUT2D eigenvalue weighted by atomic mass is 9.53. The molecule has 6 fully saturated rings. The number of benzene rings is 4. The van der Waals surface area contributed by atoms with Crippen LogP contribution in [0.5, 0.6) is 0 Å². The molecule has 0 unspecified atom stereocenters. The fourth-order valence-corrected chi connectivity index (χ4v) is 11.1. The van der Waals surface area contributed by atoms with Gasteiger partial charge in [0.05, 0.1) is 18.8 Å².